The van der Waals surface area contributed by atoms with Crippen molar-refractivity contribution in [1.82, 2.24) is 14.6 Å². The molecule has 0 aliphatic rings. The minimum absolute atomic E-state index is 0.0970. The van der Waals surface area contributed by atoms with Gasteiger partial charge in [0.15, 0.2) is 17.3 Å². The van der Waals surface area contributed by atoms with E-state index in [1.165, 1.54) is 23.0 Å². The number of hydrogen-bond acceptors (Lipinski definition) is 9. The second-order valence-electron chi connectivity index (χ2n) is 10.6. The first-order valence-electron chi connectivity index (χ1n) is 14.7. The fraction of sp³-hybridized carbons (Fsp3) is 0.235. The van der Waals surface area contributed by atoms with Crippen molar-refractivity contribution >= 4 is 34.4 Å². The Kier molecular flexibility index (Phi) is 9.62. The van der Waals surface area contributed by atoms with Crippen LogP contribution in [0.2, 0.25) is 5.02 Å². The van der Waals surface area contributed by atoms with Gasteiger partial charge in [-0.05, 0) is 79.8 Å². The van der Waals surface area contributed by atoms with E-state index in [1.807, 2.05) is 32.0 Å². The summed E-state index contributed by atoms with van der Waals surface area (Å²) in [6, 6.07) is 17.0. The van der Waals surface area contributed by atoms with Crippen LogP contribution in [-0.4, -0.2) is 39.0 Å². The summed E-state index contributed by atoms with van der Waals surface area (Å²) in [4.78, 5) is 33.2. The SMILES string of the molecule is CCOc1cc(C)c(-c2nc3ccccc3c(=O)n2N=Cc2cc(Cl)c(Oc3ccc([N+](=O)[O-])cn3)c(OCC)c2)cc1C(C)C. The molecule has 0 unspecified atom stereocenters. The smallest absolute Gasteiger partial charge is 0.287 e. The van der Waals surface area contributed by atoms with Crippen molar-refractivity contribution < 1.29 is 19.1 Å². The number of benzene rings is 3. The average Bonchev–Trinajstić information content (AvgIpc) is 3.02. The molecule has 0 aliphatic carbocycles. The van der Waals surface area contributed by atoms with E-state index in [9.17, 15) is 14.9 Å². The molecule has 0 aliphatic heterocycles. The molecule has 2 aromatic heterocycles. The molecule has 2 heterocycles. The summed E-state index contributed by atoms with van der Waals surface area (Å²) in [5, 5.41) is 16.2. The van der Waals surface area contributed by atoms with E-state index in [0.717, 1.165) is 28.6 Å². The van der Waals surface area contributed by atoms with Gasteiger partial charge in [-0.1, -0.05) is 37.6 Å². The van der Waals surface area contributed by atoms with Crippen LogP contribution < -0.4 is 19.8 Å². The largest absolute Gasteiger partial charge is 0.494 e. The summed E-state index contributed by atoms with van der Waals surface area (Å²) < 4.78 is 18.9. The summed E-state index contributed by atoms with van der Waals surface area (Å²) in [6.45, 7) is 10.7. The highest BCUT2D eigenvalue weighted by Gasteiger charge is 2.19. The zero-order valence-corrected chi connectivity index (χ0v) is 26.7. The number of pyridine rings is 1. The van der Waals surface area contributed by atoms with Crippen LogP contribution >= 0.6 is 11.6 Å². The van der Waals surface area contributed by atoms with Crippen LogP contribution in [0.3, 0.4) is 0 Å². The van der Waals surface area contributed by atoms with Gasteiger partial charge in [-0.2, -0.15) is 9.78 Å². The molecule has 0 bridgehead atoms. The maximum absolute atomic E-state index is 13.9. The highest BCUT2D eigenvalue weighted by Crippen LogP contribution is 2.39. The number of rotatable bonds is 11. The third kappa shape index (κ3) is 6.69. The van der Waals surface area contributed by atoms with Crippen LogP contribution in [0, 0.1) is 17.0 Å². The third-order valence-corrected chi connectivity index (χ3v) is 7.35. The number of halogens is 1. The van der Waals surface area contributed by atoms with Gasteiger partial charge in [0.2, 0.25) is 5.88 Å². The predicted octanol–water partition coefficient (Wildman–Crippen LogP) is 7.92. The van der Waals surface area contributed by atoms with Crippen LogP contribution in [-0.2, 0) is 0 Å². The summed E-state index contributed by atoms with van der Waals surface area (Å²) in [7, 11) is 0. The molecule has 5 aromatic rings. The number of fused-ring (bicyclic) bond motifs is 1. The molecule has 5 rings (SSSR count). The molecule has 11 nitrogen and oxygen atoms in total. The molecule has 0 saturated heterocycles. The summed E-state index contributed by atoms with van der Waals surface area (Å²) in [6.07, 6.45) is 2.59. The van der Waals surface area contributed by atoms with Gasteiger partial charge in [0, 0.05) is 17.7 Å². The molecule has 0 N–H and O–H groups in total. The van der Waals surface area contributed by atoms with Crippen molar-refractivity contribution in [3.63, 3.8) is 0 Å². The Bertz CT molecular complexity index is 2010. The molecule has 46 heavy (non-hydrogen) atoms. The quantitative estimate of drug-likeness (QED) is 0.0807. The molecule has 0 fully saturated rings. The lowest BCUT2D eigenvalue weighted by Crippen LogP contribution is -2.21. The molecule has 0 saturated carbocycles. The van der Waals surface area contributed by atoms with Crippen molar-refractivity contribution in [1.29, 1.82) is 0 Å². The first-order chi connectivity index (χ1) is 22.1. The van der Waals surface area contributed by atoms with Gasteiger partial charge in [-0.15, -0.1) is 0 Å². The van der Waals surface area contributed by atoms with Crippen molar-refractivity contribution in [2.45, 2.75) is 40.5 Å². The van der Waals surface area contributed by atoms with E-state index >= 15 is 0 Å². The van der Waals surface area contributed by atoms with E-state index in [-0.39, 0.29) is 33.8 Å². The Hall–Kier alpha value is -5.29. The second-order valence-corrected chi connectivity index (χ2v) is 11.0. The highest BCUT2D eigenvalue weighted by atomic mass is 35.5. The molecule has 0 amide bonds. The lowest BCUT2D eigenvalue weighted by molar-refractivity contribution is -0.385. The Labute approximate surface area is 270 Å². The van der Waals surface area contributed by atoms with E-state index in [2.05, 4.69) is 23.9 Å². The minimum Gasteiger partial charge on any atom is -0.494 e. The Morgan fingerprint density at radius 1 is 1.04 bits per heavy atom. The Morgan fingerprint density at radius 3 is 2.46 bits per heavy atom. The lowest BCUT2D eigenvalue weighted by Gasteiger charge is -2.18. The molecular formula is C34H32ClN5O6. The monoisotopic (exact) mass is 641 g/mol. The van der Waals surface area contributed by atoms with E-state index in [1.54, 1.807) is 37.3 Å². The molecule has 3 aromatic carbocycles. The summed E-state index contributed by atoms with van der Waals surface area (Å²) in [5.74, 6) is 1.90. The number of nitro groups is 1. The zero-order chi connectivity index (χ0) is 33.0. The maximum Gasteiger partial charge on any atom is 0.287 e. The van der Waals surface area contributed by atoms with Crippen molar-refractivity contribution in [2.24, 2.45) is 5.10 Å². The number of aryl methyl sites for hydroxylation is 1. The van der Waals surface area contributed by atoms with Crippen LogP contribution in [0.5, 0.6) is 23.1 Å². The van der Waals surface area contributed by atoms with Crippen LogP contribution in [0.4, 0.5) is 5.69 Å². The first-order valence-corrected chi connectivity index (χ1v) is 15.1. The molecule has 12 heteroatoms. The van der Waals surface area contributed by atoms with Crippen molar-refractivity contribution in [3.8, 4) is 34.5 Å². The average molecular weight is 642 g/mol. The first kappa shape index (κ1) is 32.1. The fourth-order valence-electron chi connectivity index (χ4n) is 4.87. The van der Waals surface area contributed by atoms with E-state index in [4.69, 9.17) is 30.8 Å². The van der Waals surface area contributed by atoms with Crippen LogP contribution in [0.25, 0.3) is 22.3 Å². The van der Waals surface area contributed by atoms with E-state index in [0.29, 0.717) is 41.3 Å². The van der Waals surface area contributed by atoms with Crippen LogP contribution in [0.15, 0.2) is 76.8 Å². The Morgan fingerprint density at radius 2 is 1.78 bits per heavy atom. The van der Waals surface area contributed by atoms with Crippen LogP contribution in [0.1, 0.15) is 50.3 Å². The molecule has 0 radical (unpaired) electrons. The van der Waals surface area contributed by atoms with Gasteiger partial charge < -0.3 is 14.2 Å². The van der Waals surface area contributed by atoms with Gasteiger partial charge in [0.1, 0.15) is 11.9 Å². The molecule has 0 spiro atoms. The zero-order valence-electron chi connectivity index (χ0n) is 26.0. The minimum atomic E-state index is -0.550. The standard InChI is InChI=1S/C34H32ClN5O6/c1-6-44-29-14-21(5)26(17-25(29)20(3)4)33-38-28-11-9-8-10-24(28)34(41)39(33)37-18-22-15-27(35)32(30(16-22)45-7-2)46-31-13-12-23(19-36-31)40(42)43/h8-20H,6-7H2,1-5H3. The summed E-state index contributed by atoms with van der Waals surface area (Å²) >= 11 is 6.63. The Balaban J connectivity index is 1.61. The van der Waals surface area contributed by atoms with Gasteiger partial charge >= 0.3 is 0 Å². The number of para-hydroxylation sites is 1. The predicted molar refractivity (Wildman–Crippen MR) is 178 cm³/mol. The van der Waals surface area contributed by atoms with Crippen molar-refractivity contribution in [2.75, 3.05) is 13.2 Å². The fourth-order valence-corrected chi connectivity index (χ4v) is 5.13. The molecule has 236 valence electrons. The normalized spacial score (nSPS) is 11.4. The lowest BCUT2D eigenvalue weighted by atomic mass is 9.96. The number of hydrogen-bond donors (Lipinski definition) is 0. The highest BCUT2D eigenvalue weighted by molar-refractivity contribution is 6.32. The third-order valence-electron chi connectivity index (χ3n) is 7.07. The van der Waals surface area contributed by atoms with E-state index < -0.39 is 4.92 Å². The summed E-state index contributed by atoms with van der Waals surface area (Å²) in [5.41, 5.74) is 3.18. The molecule has 0 atom stereocenters. The maximum atomic E-state index is 13.9. The number of ether oxygens (including phenoxy) is 3. The number of aromatic nitrogens is 3. The van der Waals surface area contributed by atoms with Gasteiger partial charge in [-0.3, -0.25) is 14.9 Å². The van der Waals surface area contributed by atoms with Crippen molar-refractivity contribution in [3.05, 3.63) is 109 Å². The topological polar surface area (TPSA) is 131 Å². The van der Waals surface area contributed by atoms with Gasteiger partial charge in [-0.25, -0.2) is 9.97 Å². The van der Waals surface area contributed by atoms with Gasteiger partial charge in [0.25, 0.3) is 11.2 Å². The van der Waals surface area contributed by atoms with Gasteiger partial charge in [0.05, 0.1) is 40.3 Å². The second kappa shape index (κ2) is 13.8. The number of nitrogens with zero attached hydrogens (tertiary/aromatic N) is 5. The molecular weight excluding hydrogens is 610 g/mol.